The van der Waals surface area contributed by atoms with E-state index < -0.39 is 10.1 Å². The Balaban J connectivity index is 1.96. The fraction of sp³-hybridized carbons (Fsp3) is 0.143. The predicted molar refractivity (Wildman–Crippen MR) is 87.1 cm³/mol. The van der Waals surface area contributed by atoms with Crippen LogP contribution in [-0.2, 0) is 16.5 Å². The van der Waals surface area contributed by atoms with Gasteiger partial charge in [0.05, 0.1) is 9.92 Å². The first-order valence-electron chi connectivity index (χ1n) is 6.00. The fourth-order valence-electron chi connectivity index (χ4n) is 1.69. The summed E-state index contributed by atoms with van der Waals surface area (Å²) in [4.78, 5) is 0.815. The first kappa shape index (κ1) is 16.6. The molecule has 7 heteroatoms. The van der Waals surface area contributed by atoms with E-state index in [-0.39, 0.29) is 4.90 Å². The first-order valence-corrected chi connectivity index (χ1v) is 9.19. The summed E-state index contributed by atoms with van der Waals surface area (Å²) in [5.74, 6) is 0.783. The molecule has 112 valence electrons. The van der Waals surface area contributed by atoms with Crippen LogP contribution in [0.5, 0.6) is 0 Å². The SMILES string of the molecule is O=S(=O)(O)c1ccc(CCSc2cc(Cl)ccc2Cl)cc1. The monoisotopic (exact) mass is 362 g/mol. The predicted octanol–water partition coefficient (Wildman–Crippen LogP) is 4.57. The van der Waals surface area contributed by atoms with Gasteiger partial charge in [-0.3, -0.25) is 4.55 Å². The lowest BCUT2D eigenvalue weighted by Gasteiger charge is -2.05. The van der Waals surface area contributed by atoms with E-state index in [4.69, 9.17) is 27.8 Å². The number of hydrogen-bond donors (Lipinski definition) is 1. The van der Waals surface area contributed by atoms with E-state index in [0.717, 1.165) is 22.6 Å². The van der Waals surface area contributed by atoms with Gasteiger partial charge >= 0.3 is 0 Å². The van der Waals surface area contributed by atoms with Crippen LogP contribution in [0.25, 0.3) is 0 Å². The number of halogens is 2. The lowest BCUT2D eigenvalue weighted by atomic mass is 10.2. The van der Waals surface area contributed by atoms with Crippen molar-refractivity contribution < 1.29 is 13.0 Å². The number of thioether (sulfide) groups is 1. The van der Waals surface area contributed by atoms with Gasteiger partial charge in [-0.1, -0.05) is 35.3 Å². The van der Waals surface area contributed by atoms with Crippen LogP contribution in [0.15, 0.2) is 52.3 Å². The molecule has 0 saturated carbocycles. The van der Waals surface area contributed by atoms with Gasteiger partial charge in [0.1, 0.15) is 0 Å². The summed E-state index contributed by atoms with van der Waals surface area (Å²) in [5.41, 5.74) is 0.980. The summed E-state index contributed by atoms with van der Waals surface area (Å²) in [6.45, 7) is 0. The Bertz CT molecular complexity index is 728. The molecule has 0 saturated heterocycles. The largest absolute Gasteiger partial charge is 0.294 e. The second-order valence-electron chi connectivity index (χ2n) is 4.29. The lowest BCUT2D eigenvalue weighted by Crippen LogP contribution is -1.98. The normalized spacial score (nSPS) is 11.6. The van der Waals surface area contributed by atoms with E-state index in [1.54, 1.807) is 36.0 Å². The van der Waals surface area contributed by atoms with Crippen molar-refractivity contribution in [2.45, 2.75) is 16.2 Å². The van der Waals surface area contributed by atoms with E-state index >= 15 is 0 Å². The fourth-order valence-corrected chi connectivity index (χ4v) is 3.67. The van der Waals surface area contributed by atoms with Crippen molar-refractivity contribution in [3.63, 3.8) is 0 Å². The minimum Gasteiger partial charge on any atom is -0.282 e. The Morgan fingerprint density at radius 2 is 1.71 bits per heavy atom. The second-order valence-corrected chi connectivity index (χ2v) is 7.69. The Hall–Kier alpha value is -0.720. The molecule has 0 atom stereocenters. The molecule has 3 nitrogen and oxygen atoms in total. The summed E-state index contributed by atoms with van der Waals surface area (Å²) in [6.07, 6.45) is 0.749. The molecule has 0 heterocycles. The summed E-state index contributed by atoms with van der Waals surface area (Å²) >= 11 is 13.6. The number of benzene rings is 2. The van der Waals surface area contributed by atoms with Crippen LogP contribution in [0.3, 0.4) is 0 Å². The molecule has 2 aromatic carbocycles. The number of rotatable bonds is 5. The van der Waals surface area contributed by atoms with Crippen LogP contribution in [0.4, 0.5) is 0 Å². The van der Waals surface area contributed by atoms with Crippen LogP contribution in [0, 0.1) is 0 Å². The lowest BCUT2D eigenvalue weighted by molar-refractivity contribution is 0.483. The summed E-state index contributed by atoms with van der Waals surface area (Å²) in [7, 11) is -4.13. The van der Waals surface area contributed by atoms with Crippen LogP contribution in [0.1, 0.15) is 5.56 Å². The van der Waals surface area contributed by atoms with Gasteiger partial charge < -0.3 is 0 Å². The standard InChI is InChI=1S/C14H12Cl2O3S2/c15-11-3-6-13(16)14(9-11)20-8-7-10-1-4-12(5-2-10)21(17,18)19/h1-6,9H,7-8H2,(H,17,18,19). The zero-order valence-electron chi connectivity index (χ0n) is 10.8. The van der Waals surface area contributed by atoms with E-state index in [0.29, 0.717) is 10.0 Å². The average Bonchev–Trinajstić information content (AvgIpc) is 2.42. The van der Waals surface area contributed by atoms with Crippen molar-refractivity contribution in [3.8, 4) is 0 Å². The highest BCUT2D eigenvalue weighted by Gasteiger charge is 2.08. The van der Waals surface area contributed by atoms with Crippen molar-refractivity contribution in [1.29, 1.82) is 0 Å². The van der Waals surface area contributed by atoms with Gasteiger partial charge in [0.2, 0.25) is 0 Å². The third-order valence-electron chi connectivity index (χ3n) is 2.76. The van der Waals surface area contributed by atoms with Gasteiger partial charge in [0, 0.05) is 15.7 Å². The van der Waals surface area contributed by atoms with E-state index in [9.17, 15) is 8.42 Å². The molecule has 0 aromatic heterocycles. The molecule has 0 fully saturated rings. The summed E-state index contributed by atoms with van der Waals surface area (Å²) < 4.78 is 30.8. The molecule has 0 aliphatic carbocycles. The van der Waals surface area contributed by atoms with Crippen LogP contribution < -0.4 is 0 Å². The van der Waals surface area contributed by atoms with Crippen LogP contribution in [-0.4, -0.2) is 18.7 Å². The highest BCUT2D eigenvalue weighted by molar-refractivity contribution is 7.99. The van der Waals surface area contributed by atoms with Gasteiger partial charge in [-0.2, -0.15) is 8.42 Å². The van der Waals surface area contributed by atoms with Crippen LogP contribution in [0.2, 0.25) is 10.0 Å². The quantitative estimate of drug-likeness (QED) is 0.624. The molecule has 0 bridgehead atoms. The van der Waals surface area contributed by atoms with E-state index in [1.807, 2.05) is 6.07 Å². The highest BCUT2D eigenvalue weighted by atomic mass is 35.5. The zero-order valence-corrected chi connectivity index (χ0v) is 13.9. The number of aryl methyl sites for hydroxylation is 1. The van der Waals surface area contributed by atoms with Crippen molar-refractivity contribution >= 4 is 45.1 Å². The molecular weight excluding hydrogens is 351 g/mol. The van der Waals surface area contributed by atoms with E-state index in [1.165, 1.54) is 12.1 Å². The molecule has 0 aliphatic heterocycles. The second kappa shape index (κ2) is 7.03. The molecule has 0 unspecified atom stereocenters. The Morgan fingerprint density at radius 1 is 1.05 bits per heavy atom. The van der Waals surface area contributed by atoms with Crippen molar-refractivity contribution in [2.24, 2.45) is 0 Å². The molecule has 0 aliphatic rings. The number of hydrogen-bond acceptors (Lipinski definition) is 3. The maximum Gasteiger partial charge on any atom is 0.294 e. The Morgan fingerprint density at radius 3 is 2.33 bits per heavy atom. The molecule has 0 spiro atoms. The third-order valence-corrected chi connectivity index (χ3v) is 5.36. The summed E-state index contributed by atoms with van der Waals surface area (Å²) in [6, 6.07) is 11.5. The van der Waals surface area contributed by atoms with Crippen molar-refractivity contribution in [2.75, 3.05) is 5.75 Å². The Labute approximate surface area is 138 Å². The topological polar surface area (TPSA) is 54.4 Å². The van der Waals surface area contributed by atoms with Crippen molar-refractivity contribution in [1.82, 2.24) is 0 Å². The molecule has 21 heavy (non-hydrogen) atoms. The van der Waals surface area contributed by atoms with Crippen LogP contribution >= 0.6 is 35.0 Å². The molecule has 0 amide bonds. The highest BCUT2D eigenvalue weighted by Crippen LogP contribution is 2.30. The first-order chi connectivity index (χ1) is 9.86. The average molecular weight is 363 g/mol. The van der Waals surface area contributed by atoms with Gasteiger partial charge in [0.15, 0.2) is 0 Å². The van der Waals surface area contributed by atoms with Crippen molar-refractivity contribution in [3.05, 3.63) is 58.1 Å². The molecule has 2 aromatic rings. The van der Waals surface area contributed by atoms with Gasteiger partial charge in [-0.25, -0.2) is 0 Å². The minimum absolute atomic E-state index is 0.100. The zero-order chi connectivity index (χ0) is 15.5. The Kier molecular flexibility index (Phi) is 5.57. The van der Waals surface area contributed by atoms with Gasteiger partial charge in [-0.05, 0) is 42.3 Å². The van der Waals surface area contributed by atoms with Gasteiger partial charge in [0.25, 0.3) is 10.1 Å². The third kappa shape index (κ3) is 4.90. The summed E-state index contributed by atoms with van der Waals surface area (Å²) in [5, 5.41) is 1.30. The molecular formula is C14H12Cl2O3S2. The maximum atomic E-state index is 10.9. The van der Waals surface area contributed by atoms with E-state index in [2.05, 4.69) is 0 Å². The molecule has 2 rings (SSSR count). The minimum atomic E-state index is -4.13. The maximum absolute atomic E-state index is 10.9. The smallest absolute Gasteiger partial charge is 0.282 e. The molecule has 1 N–H and O–H groups in total. The molecule has 0 radical (unpaired) electrons. The van der Waals surface area contributed by atoms with Gasteiger partial charge in [-0.15, -0.1) is 11.8 Å².